The van der Waals surface area contributed by atoms with Crippen molar-refractivity contribution in [3.05, 3.63) is 17.5 Å². The second-order valence-electron chi connectivity index (χ2n) is 6.97. The van der Waals surface area contributed by atoms with Gasteiger partial charge in [-0.25, -0.2) is 27.9 Å². The van der Waals surface area contributed by atoms with Crippen LogP contribution in [0.15, 0.2) is 6.07 Å². The van der Waals surface area contributed by atoms with Crippen LogP contribution in [0.1, 0.15) is 49.9 Å². The quantitative estimate of drug-likeness (QED) is 0.870. The molecule has 2 bridgehead atoms. The fraction of sp³-hybridized carbons (Fsp3) is 0.688. The molecule has 0 saturated heterocycles. The van der Waals surface area contributed by atoms with Gasteiger partial charge in [0.25, 0.3) is 0 Å². The maximum absolute atomic E-state index is 12.6. The van der Waals surface area contributed by atoms with Crippen LogP contribution in [-0.2, 0) is 10.0 Å². The van der Waals surface area contributed by atoms with Crippen LogP contribution in [0.5, 0.6) is 0 Å². The van der Waals surface area contributed by atoms with E-state index in [4.69, 9.17) is 0 Å². The van der Waals surface area contributed by atoms with Crippen molar-refractivity contribution in [1.29, 1.82) is 0 Å². The number of carbonyl (C=O) groups excluding carboxylic acids is 1. The van der Waals surface area contributed by atoms with Gasteiger partial charge in [-0.15, -0.1) is 0 Å². The number of sulfonamides is 1. The second kappa shape index (κ2) is 6.66. The lowest BCUT2D eigenvalue weighted by Crippen LogP contribution is -2.43. The second-order valence-corrected chi connectivity index (χ2v) is 8.87. The first kappa shape index (κ1) is 17.1. The molecule has 1 aromatic rings. The molecule has 3 aliphatic carbocycles. The average Bonchev–Trinajstić information content (AvgIpc) is 2.79. The van der Waals surface area contributed by atoms with Gasteiger partial charge in [0, 0.05) is 11.4 Å². The summed E-state index contributed by atoms with van der Waals surface area (Å²) in [5.41, 5.74) is 1.42. The Kier molecular flexibility index (Phi) is 4.76. The minimum absolute atomic E-state index is 0.113. The third-order valence-corrected chi connectivity index (χ3v) is 7.01. The van der Waals surface area contributed by atoms with Gasteiger partial charge in [0.1, 0.15) is 0 Å². The van der Waals surface area contributed by atoms with Crippen LogP contribution in [0.3, 0.4) is 0 Å². The van der Waals surface area contributed by atoms with Crippen molar-refractivity contribution in [2.45, 2.75) is 57.6 Å². The molecule has 24 heavy (non-hydrogen) atoms. The summed E-state index contributed by atoms with van der Waals surface area (Å²) in [6.45, 7) is 3.58. The molecule has 1 heterocycles. The predicted molar refractivity (Wildman–Crippen MR) is 91.1 cm³/mol. The molecule has 3 aliphatic rings. The Hall–Kier alpha value is -1.70. The van der Waals surface area contributed by atoms with E-state index in [-0.39, 0.29) is 11.9 Å². The van der Waals surface area contributed by atoms with E-state index in [1.807, 2.05) is 0 Å². The number of urea groups is 1. The summed E-state index contributed by atoms with van der Waals surface area (Å²) in [6.07, 6.45) is 5.68. The molecule has 0 aliphatic heterocycles. The van der Waals surface area contributed by atoms with E-state index in [0.29, 0.717) is 23.7 Å². The minimum atomic E-state index is -3.70. The van der Waals surface area contributed by atoms with Crippen molar-refractivity contribution >= 4 is 22.0 Å². The van der Waals surface area contributed by atoms with Gasteiger partial charge in [0.2, 0.25) is 16.0 Å². The summed E-state index contributed by atoms with van der Waals surface area (Å²) in [5, 5.41) is 1.95. The van der Waals surface area contributed by atoms with Crippen molar-refractivity contribution in [3.8, 4) is 0 Å². The first-order chi connectivity index (χ1) is 11.3. The lowest BCUT2D eigenvalue weighted by molar-refractivity contribution is 0.256. The summed E-state index contributed by atoms with van der Waals surface area (Å²) in [7, 11) is -3.70. The number of nitrogens with one attached hydrogen (secondary N) is 2. The predicted octanol–water partition coefficient (Wildman–Crippen LogP) is 2.51. The Bertz CT molecular complexity index is 707. The van der Waals surface area contributed by atoms with Gasteiger partial charge < -0.3 is 0 Å². The number of nitrogens with zero attached hydrogens (tertiary/aromatic N) is 2. The SMILES string of the molecule is Cc1cc(C)nc(NC(=O)NS(=O)(=O)C2CCC3CCC2CC3)n1. The van der Waals surface area contributed by atoms with Crippen LogP contribution >= 0.6 is 0 Å². The highest BCUT2D eigenvalue weighted by Gasteiger charge is 2.40. The highest BCUT2D eigenvalue weighted by atomic mass is 32.2. The molecule has 132 valence electrons. The summed E-state index contributed by atoms with van der Waals surface area (Å²) < 4.78 is 27.5. The molecular weight excluding hydrogens is 328 g/mol. The number of aryl methyl sites for hydroxylation is 2. The number of hydrogen-bond acceptors (Lipinski definition) is 5. The van der Waals surface area contributed by atoms with Crippen LogP contribution in [-0.4, -0.2) is 29.7 Å². The molecule has 1 unspecified atom stereocenters. The Morgan fingerprint density at radius 3 is 2.25 bits per heavy atom. The first-order valence-electron chi connectivity index (χ1n) is 8.48. The van der Waals surface area contributed by atoms with E-state index in [1.54, 1.807) is 19.9 Å². The molecule has 1 aromatic heterocycles. The lowest BCUT2D eigenvalue weighted by Gasteiger charge is -2.27. The summed E-state index contributed by atoms with van der Waals surface area (Å²) >= 11 is 0. The summed E-state index contributed by atoms with van der Waals surface area (Å²) in [4.78, 5) is 20.3. The Labute approximate surface area is 142 Å². The Morgan fingerprint density at radius 1 is 1.04 bits per heavy atom. The average molecular weight is 352 g/mol. The Morgan fingerprint density at radius 2 is 1.62 bits per heavy atom. The molecule has 0 radical (unpaired) electrons. The van der Waals surface area contributed by atoms with E-state index in [9.17, 15) is 13.2 Å². The summed E-state index contributed by atoms with van der Waals surface area (Å²) in [5.74, 6) is 0.924. The van der Waals surface area contributed by atoms with Crippen molar-refractivity contribution in [3.63, 3.8) is 0 Å². The minimum Gasteiger partial charge on any atom is -0.275 e. The smallest absolute Gasteiger partial charge is 0.275 e. The summed E-state index contributed by atoms with van der Waals surface area (Å²) in [6, 6.07) is 0.987. The van der Waals surface area contributed by atoms with Gasteiger partial charge in [-0.2, -0.15) is 0 Å². The molecule has 4 rings (SSSR count). The molecule has 7 nitrogen and oxygen atoms in total. The highest BCUT2D eigenvalue weighted by molar-refractivity contribution is 7.90. The lowest BCUT2D eigenvalue weighted by atomic mass is 9.84. The molecule has 2 amide bonds. The van der Waals surface area contributed by atoms with Crippen molar-refractivity contribution in [2.24, 2.45) is 11.8 Å². The zero-order chi connectivity index (χ0) is 17.3. The number of hydrogen-bond donors (Lipinski definition) is 2. The number of aromatic nitrogens is 2. The van der Waals surface area contributed by atoms with Crippen LogP contribution in [0.25, 0.3) is 0 Å². The van der Waals surface area contributed by atoms with Crippen LogP contribution in [0.4, 0.5) is 10.7 Å². The van der Waals surface area contributed by atoms with Gasteiger partial charge >= 0.3 is 6.03 Å². The van der Waals surface area contributed by atoms with E-state index >= 15 is 0 Å². The number of carbonyl (C=O) groups is 1. The molecule has 0 spiro atoms. The zero-order valence-corrected chi connectivity index (χ0v) is 14.9. The van der Waals surface area contributed by atoms with Gasteiger partial charge in [-0.05, 0) is 57.4 Å². The zero-order valence-electron chi connectivity index (χ0n) is 14.1. The van der Waals surface area contributed by atoms with E-state index in [1.165, 1.54) is 0 Å². The van der Waals surface area contributed by atoms with Gasteiger partial charge in [-0.3, -0.25) is 5.32 Å². The van der Waals surface area contributed by atoms with E-state index in [0.717, 1.165) is 32.1 Å². The van der Waals surface area contributed by atoms with E-state index < -0.39 is 21.3 Å². The number of fused-ring (bicyclic) bond motifs is 4. The number of rotatable bonds is 3. The normalized spacial score (nSPS) is 26.7. The third-order valence-electron chi connectivity index (χ3n) is 5.12. The molecule has 2 N–H and O–H groups in total. The fourth-order valence-electron chi connectivity index (χ4n) is 4.01. The van der Waals surface area contributed by atoms with Crippen LogP contribution in [0, 0.1) is 25.7 Å². The molecular formula is C16H24N4O3S. The maximum Gasteiger partial charge on any atom is 0.335 e. The van der Waals surface area contributed by atoms with Crippen molar-refractivity contribution in [2.75, 3.05) is 5.32 Å². The van der Waals surface area contributed by atoms with Crippen LogP contribution < -0.4 is 10.0 Å². The fourth-order valence-corrected chi connectivity index (χ4v) is 5.69. The molecule has 0 aromatic carbocycles. The van der Waals surface area contributed by atoms with Gasteiger partial charge in [-0.1, -0.05) is 12.8 Å². The third kappa shape index (κ3) is 3.85. The maximum atomic E-state index is 12.6. The van der Waals surface area contributed by atoms with E-state index in [2.05, 4.69) is 20.0 Å². The Balaban J connectivity index is 1.68. The standard InChI is InChI=1S/C16H24N4O3S/c1-10-9-11(2)18-15(17-10)19-16(21)20-24(22,23)14-8-5-12-3-6-13(14)7-4-12/h9,12-14H,3-8H2,1-2H3,(H2,17,18,19,20,21). The highest BCUT2D eigenvalue weighted by Crippen LogP contribution is 2.41. The van der Waals surface area contributed by atoms with Gasteiger partial charge in [0.15, 0.2) is 0 Å². The van der Waals surface area contributed by atoms with Crippen molar-refractivity contribution in [1.82, 2.24) is 14.7 Å². The number of anilines is 1. The molecule has 1 atom stereocenters. The topological polar surface area (TPSA) is 101 Å². The molecule has 3 saturated carbocycles. The van der Waals surface area contributed by atoms with Crippen molar-refractivity contribution < 1.29 is 13.2 Å². The molecule has 3 fully saturated rings. The van der Waals surface area contributed by atoms with Crippen LogP contribution in [0.2, 0.25) is 0 Å². The monoisotopic (exact) mass is 352 g/mol. The number of amides is 2. The largest absolute Gasteiger partial charge is 0.335 e. The first-order valence-corrected chi connectivity index (χ1v) is 10.0. The molecule has 8 heteroatoms. The van der Waals surface area contributed by atoms with Gasteiger partial charge in [0.05, 0.1) is 5.25 Å².